The normalized spacial score (nSPS) is 12.4. The molecule has 0 bridgehead atoms. The molecule has 114 valence electrons. The number of benzene rings is 1. The topological polar surface area (TPSA) is 84.3 Å². The van der Waals surface area contributed by atoms with Crippen LogP contribution in [0.5, 0.6) is 0 Å². The number of nitrogens with one attached hydrogen (secondary N) is 1. The minimum atomic E-state index is 0.0326. The third-order valence-electron chi connectivity index (χ3n) is 3.33. The van der Waals surface area contributed by atoms with E-state index in [1.165, 1.54) is 0 Å². The van der Waals surface area contributed by atoms with Gasteiger partial charge in [0.15, 0.2) is 5.76 Å². The predicted octanol–water partition coefficient (Wildman–Crippen LogP) is 2.54. The molecule has 1 unspecified atom stereocenters. The first-order valence-corrected chi connectivity index (χ1v) is 7.12. The SMILES string of the molecule is OCCC(NCc1nc(-c2ccco2)no1)c1ccccc1. The van der Waals surface area contributed by atoms with Gasteiger partial charge >= 0.3 is 0 Å². The lowest BCUT2D eigenvalue weighted by atomic mass is 10.0. The van der Waals surface area contributed by atoms with E-state index in [2.05, 4.69) is 15.5 Å². The molecule has 3 aromatic rings. The highest BCUT2D eigenvalue weighted by atomic mass is 16.5. The average Bonchev–Trinajstić information content (AvgIpc) is 3.23. The van der Waals surface area contributed by atoms with Crippen molar-refractivity contribution in [2.24, 2.45) is 0 Å². The van der Waals surface area contributed by atoms with Crippen LogP contribution in [0.15, 0.2) is 57.7 Å². The zero-order chi connectivity index (χ0) is 15.2. The van der Waals surface area contributed by atoms with Crippen LogP contribution in [0.3, 0.4) is 0 Å². The number of furan rings is 1. The summed E-state index contributed by atoms with van der Waals surface area (Å²) in [6.07, 6.45) is 2.18. The van der Waals surface area contributed by atoms with Gasteiger partial charge in [-0.25, -0.2) is 0 Å². The summed E-state index contributed by atoms with van der Waals surface area (Å²) in [5, 5.41) is 16.4. The Bertz CT molecular complexity index is 680. The molecule has 3 rings (SSSR count). The van der Waals surface area contributed by atoms with E-state index in [9.17, 15) is 5.11 Å². The van der Waals surface area contributed by atoms with Gasteiger partial charge in [-0.05, 0) is 24.1 Å². The van der Waals surface area contributed by atoms with Crippen LogP contribution in [0, 0.1) is 0 Å². The summed E-state index contributed by atoms with van der Waals surface area (Å²) in [6, 6.07) is 13.5. The number of hydrogen-bond donors (Lipinski definition) is 2. The molecule has 0 aliphatic carbocycles. The predicted molar refractivity (Wildman–Crippen MR) is 79.7 cm³/mol. The maximum atomic E-state index is 9.22. The summed E-state index contributed by atoms with van der Waals surface area (Å²) in [6.45, 7) is 0.529. The molecule has 0 aliphatic rings. The Hall–Kier alpha value is -2.44. The molecule has 2 heterocycles. The number of nitrogens with zero attached hydrogens (tertiary/aromatic N) is 2. The standard InChI is InChI=1S/C16H17N3O3/c20-9-8-13(12-5-2-1-3-6-12)17-11-15-18-16(19-22-15)14-7-4-10-21-14/h1-7,10,13,17,20H,8-9,11H2. The van der Waals surface area contributed by atoms with Gasteiger partial charge < -0.3 is 19.4 Å². The second-order valence-corrected chi connectivity index (χ2v) is 4.85. The van der Waals surface area contributed by atoms with Gasteiger partial charge in [-0.1, -0.05) is 35.5 Å². The van der Waals surface area contributed by atoms with Crippen molar-refractivity contribution in [3.05, 3.63) is 60.2 Å². The van der Waals surface area contributed by atoms with Crippen LogP contribution < -0.4 is 5.32 Å². The molecule has 2 aromatic heterocycles. The van der Waals surface area contributed by atoms with Crippen molar-refractivity contribution < 1.29 is 14.0 Å². The Morgan fingerprint density at radius 2 is 2.00 bits per heavy atom. The summed E-state index contributed by atoms with van der Waals surface area (Å²) in [5.41, 5.74) is 1.11. The molecule has 0 saturated carbocycles. The molecule has 2 N–H and O–H groups in total. The quantitative estimate of drug-likeness (QED) is 0.697. The molecule has 1 atom stereocenters. The smallest absolute Gasteiger partial charge is 0.241 e. The van der Waals surface area contributed by atoms with Gasteiger partial charge in [0.05, 0.1) is 12.8 Å². The van der Waals surface area contributed by atoms with Gasteiger partial charge in [0, 0.05) is 12.6 Å². The summed E-state index contributed by atoms with van der Waals surface area (Å²) < 4.78 is 10.4. The van der Waals surface area contributed by atoms with Crippen molar-refractivity contribution in [3.63, 3.8) is 0 Å². The van der Waals surface area contributed by atoms with Crippen molar-refractivity contribution in [2.45, 2.75) is 19.0 Å². The van der Waals surface area contributed by atoms with E-state index < -0.39 is 0 Å². The molecule has 0 fully saturated rings. The van der Waals surface area contributed by atoms with Gasteiger partial charge in [0.25, 0.3) is 0 Å². The zero-order valence-electron chi connectivity index (χ0n) is 12.0. The summed E-state index contributed by atoms with van der Waals surface area (Å²) >= 11 is 0. The summed E-state index contributed by atoms with van der Waals surface area (Å²) in [4.78, 5) is 4.28. The van der Waals surface area contributed by atoms with Crippen LogP contribution in [0.25, 0.3) is 11.6 Å². The Balaban J connectivity index is 1.65. The van der Waals surface area contributed by atoms with Gasteiger partial charge in [0.1, 0.15) is 0 Å². The first-order chi connectivity index (χ1) is 10.9. The number of rotatable bonds is 7. The fraction of sp³-hybridized carbons (Fsp3) is 0.250. The van der Waals surface area contributed by atoms with Crippen LogP contribution in [0.2, 0.25) is 0 Å². The molecular formula is C16H17N3O3. The molecule has 0 amide bonds. The Kier molecular flexibility index (Phi) is 4.62. The van der Waals surface area contributed by atoms with Crippen LogP contribution in [0.4, 0.5) is 0 Å². The van der Waals surface area contributed by atoms with Crippen molar-refractivity contribution in [1.29, 1.82) is 0 Å². The zero-order valence-corrected chi connectivity index (χ0v) is 12.0. The highest BCUT2D eigenvalue weighted by Crippen LogP contribution is 2.18. The average molecular weight is 299 g/mol. The van der Waals surface area contributed by atoms with Crippen molar-refractivity contribution >= 4 is 0 Å². The maximum Gasteiger partial charge on any atom is 0.241 e. The van der Waals surface area contributed by atoms with E-state index in [0.717, 1.165) is 5.56 Å². The highest BCUT2D eigenvalue weighted by molar-refractivity contribution is 5.44. The fourth-order valence-electron chi connectivity index (χ4n) is 2.24. The van der Waals surface area contributed by atoms with Crippen LogP contribution in [-0.2, 0) is 6.54 Å². The largest absolute Gasteiger partial charge is 0.461 e. The van der Waals surface area contributed by atoms with E-state index in [1.807, 2.05) is 30.3 Å². The third-order valence-corrected chi connectivity index (χ3v) is 3.33. The fourth-order valence-corrected chi connectivity index (χ4v) is 2.24. The number of aliphatic hydroxyl groups is 1. The van der Waals surface area contributed by atoms with Crippen molar-refractivity contribution in [3.8, 4) is 11.6 Å². The maximum absolute atomic E-state index is 9.22. The lowest BCUT2D eigenvalue weighted by Crippen LogP contribution is -2.22. The van der Waals surface area contributed by atoms with E-state index in [1.54, 1.807) is 18.4 Å². The second kappa shape index (κ2) is 7.02. The molecule has 0 radical (unpaired) electrons. The molecule has 1 aromatic carbocycles. The molecule has 0 aliphatic heterocycles. The lowest BCUT2D eigenvalue weighted by Gasteiger charge is -2.16. The highest BCUT2D eigenvalue weighted by Gasteiger charge is 2.14. The van der Waals surface area contributed by atoms with Crippen molar-refractivity contribution in [1.82, 2.24) is 15.5 Å². The van der Waals surface area contributed by atoms with E-state index in [-0.39, 0.29) is 12.6 Å². The van der Waals surface area contributed by atoms with Gasteiger partial charge in [0.2, 0.25) is 11.7 Å². The van der Waals surface area contributed by atoms with Gasteiger partial charge in [-0.2, -0.15) is 4.98 Å². The molecule has 6 nitrogen and oxygen atoms in total. The molecule has 0 saturated heterocycles. The summed E-state index contributed by atoms with van der Waals surface area (Å²) in [5.74, 6) is 1.48. The summed E-state index contributed by atoms with van der Waals surface area (Å²) in [7, 11) is 0. The second-order valence-electron chi connectivity index (χ2n) is 4.85. The van der Waals surface area contributed by atoms with E-state index >= 15 is 0 Å². The molecular weight excluding hydrogens is 282 g/mol. The Morgan fingerprint density at radius 1 is 1.14 bits per heavy atom. The van der Waals surface area contributed by atoms with E-state index in [0.29, 0.717) is 30.4 Å². The minimum absolute atomic E-state index is 0.0326. The lowest BCUT2D eigenvalue weighted by molar-refractivity contribution is 0.261. The Labute approximate surface area is 127 Å². The Morgan fingerprint density at radius 3 is 2.73 bits per heavy atom. The van der Waals surface area contributed by atoms with Crippen LogP contribution >= 0.6 is 0 Å². The van der Waals surface area contributed by atoms with Crippen LogP contribution in [-0.4, -0.2) is 21.9 Å². The van der Waals surface area contributed by atoms with Gasteiger partial charge in [-0.15, -0.1) is 0 Å². The number of hydrogen-bond acceptors (Lipinski definition) is 6. The first kappa shape index (κ1) is 14.5. The molecule has 22 heavy (non-hydrogen) atoms. The minimum Gasteiger partial charge on any atom is -0.461 e. The van der Waals surface area contributed by atoms with E-state index in [4.69, 9.17) is 8.94 Å². The van der Waals surface area contributed by atoms with Crippen LogP contribution in [0.1, 0.15) is 23.9 Å². The number of aromatic nitrogens is 2. The molecule has 6 heteroatoms. The van der Waals surface area contributed by atoms with Crippen molar-refractivity contribution in [2.75, 3.05) is 6.61 Å². The molecule has 0 spiro atoms. The first-order valence-electron chi connectivity index (χ1n) is 7.12. The monoisotopic (exact) mass is 299 g/mol. The van der Waals surface area contributed by atoms with Gasteiger partial charge in [-0.3, -0.25) is 0 Å². The number of aliphatic hydroxyl groups excluding tert-OH is 1. The third kappa shape index (κ3) is 3.41.